The van der Waals surface area contributed by atoms with Gasteiger partial charge in [0.1, 0.15) is 10.9 Å². The Hall–Kier alpha value is -2.22. The molecule has 1 aromatic carbocycles. The van der Waals surface area contributed by atoms with Crippen molar-refractivity contribution in [2.24, 2.45) is 13.0 Å². The first-order chi connectivity index (χ1) is 12.6. The lowest BCUT2D eigenvalue weighted by molar-refractivity contribution is -0.274. The number of amides is 1. The molecule has 2 atom stereocenters. The largest absolute Gasteiger partial charge is 0.573 e. The van der Waals surface area contributed by atoms with Crippen molar-refractivity contribution in [1.82, 2.24) is 14.7 Å². The highest BCUT2D eigenvalue weighted by atomic mass is 35.5. The molecule has 1 aromatic heterocycles. The lowest BCUT2D eigenvalue weighted by Gasteiger charge is -2.18. The molecule has 146 valence electrons. The molecule has 0 radical (unpaired) electrons. The molecule has 9 heteroatoms. The summed E-state index contributed by atoms with van der Waals surface area (Å²) in [6.07, 6.45) is -4.28. The van der Waals surface area contributed by atoms with Crippen molar-refractivity contribution < 1.29 is 22.7 Å². The van der Waals surface area contributed by atoms with E-state index in [1.807, 2.05) is 6.92 Å². The van der Waals surface area contributed by atoms with Crippen LogP contribution in [0.3, 0.4) is 0 Å². The minimum Gasteiger partial charge on any atom is -0.405 e. The summed E-state index contributed by atoms with van der Waals surface area (Å²) in [7, 11) is 3.37. The van der Waals surface area contributed by atoms with Crippen LogP contribution in [0, 0.1) is 12.8 Å². The first-order valence-corrected chi connectivity index (χ1v) is 8.74. The van der Waals surface area contributed by atoms with Gasteiger partial charge >= 0.3 is 6.36 Å². The van der Waals surface area contributed by atoms with Gasteiger partial charge in [-0.1, -0.05) is 29.8 Å². The van der Waals surface area contributed by atoms with Gasteiger partial charge in [-0.2, -0.15) is 5.10 Å². The smallest absolute Gasteiger partial charge is 0.405 e. The molecule has 1 aliphatic rings. The Morgan fingerprint density at radius 2 is 2.07 bits per heavy atom. The summed E-state index contributed by atoms with van der Waals surface area (Å²) < 4.78 is 43.4. The molecule has 1 heterocycles. The predicted molar refractivity (Wildman–Crippen MR) is 93.4 cm³/mol. The highest BCUT2D eigenvalue weighted by Gasteiger charge is 2.47. The van der Waals surface area contributed by atoms with Crippen LogP contribution in [0.2, 0.25) is 5.15 Å². The lowest BCUT2D eigenvalue weighted by atomic mass is 10.1. The molecule has 0 spiro atoms. The van der Waals surface area contributed by atoms with Gasteiger partial charge in [-0.05, 0) is 30.9 Å². The van der Waals surface area contributed by atoms with Crippen LogP contribution >= 0.6 is 11.6 Å². The van der Waals surface area contributed by atoms with Crippen LogP contribution in [-0.2, 0) is 18.4 Å². The summed E-state index contributed by atoms with van der Waals surface area (Å²) in [6.45, 7) is 2.10. The van der Waals surface area contributed by atoms with E-state index in [1.165, 1.54) is 21.7 Å². The maximum Gasteiger partial charge on any atom is 0.573 e. The number of rotatable bonds is 5. The average molecular weight is 402 g/mol. The molecule has 0 unspecified atom stereocenters. The predicted octanol–water partition coefficient (Wildman–Crippen LogP) is 4.04. The summed E-state index contributed by atoms with van der Waals surface area (Å²) >= 11 is 6.20. The van der Waals surface area contributed by atoms with E-state index in [0.717, 1.165) is 11.3 Å². The first-order valence-electron chi connectivity index (χ1n) is 8.36. The number of carbonyl (C=O) groups excluding carboxylic acids is 1. The summed E-state index contributed by atoms with van der Waals surface area (Å²) in [5.74, 6) is -1.05. The SMILES string of the molecule is Cc1nn(C)c(Cl)c1CN(C)C(=O)[C@H]1C[C@H]1c1ccccc1OC(F)(F)F. The average Bonchev–Trinajstić information content (AvgIpc) is 3.33. The molecule has 0 saturated heterocycles. The van der Waals surface area contributed by atoms with E-state index in [4.69, 9.17) is 11.6 Å². The zero-order chi connectivity index (χ0) is 19.9. The zero-order valence-corrected chi connectivity index (χ0v) is 15.8. The van der Waals surface area contributed by atoms with E-state index in [0.29, 0.717) is 23.7 Å². The van der Waals surface area contributed by atoms with Crippen LogP contribution in [0.15, 0.2) is 24.3 Å². The number of aromatic nitrogens is 2. The molecular formula is C18H19ClF3N3O2. The zero-order valence-electron chi connectivity index (χ0n) is 15.0. The molecule has 1 fully saturated rings. The van der Waals surface area contributed by atoms with Crippen LogP contribution in [0.4, 0.5) is 13.2 Å². The summed E-state index contributed by atoms with van der Waals surface area (Å²) in [5, 5.41) is 4.68. The molecule has 0 N–H and O–H groups in total. The topological polar surface area (TPSA) is 47.4 Å². The fourth-order valence-electron chi connectivity index (χ4n) is 3.27. The van der Waals surface area contributed by atoms with Gasteiger partial charge in [0.15, 0.2) is 0 Å². The Morgan fingerprint density at radius 3 is 2.67 bits per heavy atom. The third-order valence-electron chi connectivity index (χ3n) is 4.69. The van der Waals surface area contributed by atoms with Crippen molar-refractivity contribution in [2.45, 2.75) is 32.2 Å². The third-order valence-corrected chi connectivity index (χ3v) is 5.17. The summed E-state index contributed by atoms with van der Waals surface area (Å²) in [6, 6.07) is 5.95. The van der Waals surface area contributed by atoms with E-state index in [2.05, 4.69) is 9.84 Å². The number of nitrogens with zero attached hydrogens (tertiary/aromatic N) is 3. The molecule has 0 aliphatic heterocycles. The van der Waals surface area contributed by atoms with Gasteiger partial charge in [0.2, 0.25) is 5.91 Å². The Balaban J connectivity index is 1.70. The van der Waals surface area contributed by atoms with E-state index < -0.39 is 6.36 Å². The number of alkyl halides is 3. The van der Waals surface area contributed by atoms with Gasteiger partial charge in [-0.15, -0.1) is 13.2 Å². The van der Waals surface area contributed by atoms with Gasteiger partial charge in [0.25, 0.3) is 0 Å². The second kappa shape index (κ2) is 7.07. The minimum atomic E-state index is -4.77. The Labute approximate surface area is 159 Å². The number of carbonyl (C=O) groups is 1. The van der Waals surface area contributed by atoms with Gasteiger partial charge in [0.05, 0.1) is 12.2 Å². The maximum absolute atomic E-state index is 12.7. The maximum atomic E-state index is 12.7. The fraction of sp³-hybridized carbons (Fsp3) is 0.444. The van der Waals surface area contributed by atoms with Crippen molar-refractivity contribution in [3.63, 3.8) is 0 Å². The van der Waals surface area contributed by atoms with Crippen molar-refractivity contribution in [2.75, 3.05) is 7.05 Å². The first kappa shape index (κ1) is 19.5. The van der Waals surface area contributed by atoms with E-state index in [-0.39, 0.29) is 23.5 Å². The molecule has 5 nitrogen and oxygen atoms in total. The van der Waals surface area contributed by atoms with Crippen LogP contribution in [0.1, 0.15) is 29.2 Å². The molecular weight excluding hydrogens is 383 g/mol. The molecule has 0 bridgehead atoms. The van der Waals surface area contributed by atoms with Crippen LogP contribution < -0.4 is 4.74 Å². The van der Waals surface area contributed by atoms with Crippen molar-refractivity contribution in [3.8, 4) is 5.75 Å². The quantitative estimate of drug-likeness (QED) is 0.759. The summed E-state index contributed by atoms with van der Waals surface area (Å²) in [4.78, 5) is 14.2. The van der Waals surface area contributed by atoms with E-state index >= 15 is 0 Å². The van der Waals surface area contributed by atoms with Crippen LogP contribution in [0.5, 0.6) is 5.75 Å². The second-order valence-corrected chi connectivity index (χ2v) is 7.07. The third kappa shape index (κ3) is 4.21. The standard InChI is InChI=1S/C18H19ClF3N3O2/c1-10-14(16(19)25(3)23-10)9-24(2)17(26)13-8-12(13)11-6-4-5-7-15(11)27-18(20,21)22/h4-7,12-13H,8-9H2,1-3H3/t12-,13-/m0/s1. The molecule has 1 aliphatic carbocycles. The highest BCUT2D eigenvalue weighted by molar-refractivity contribution is 6.30. The van der Waals surface area contributed by atoms with Crippen LogP contribution in [-0.4, -0.2) is 34.0 Å². The molecule has 3 rings (SSSR count). The number of hydrogen-bond acceptors (Lipinski definition) is 3. The molecule has 27 heavy (non-hydrogen) atoms. The highest BCUT2D eigenvalue weighted by Crippen LogP contribution is 2.51. The van der Waals surface area contributed by atoms with Crippen LogP contribution in [0.25, 0.3) is 0 Å². The van der Waals surface area contributed by atoms with E-state index in [1.54, 1.807) is 26.2 Å². The summed E-state index contributed by atoms with van der Waals surface area (Å²) in [5.41, 5.74) is 1.89. The lowest BCUT2D eigenvalue weighted by Crippen LogP contribution is -2.28. The van der Waals surface area contributed by atoms with Gasteiger partial charge < -0.3 is 9.64 Å². The Bertz CT molecular complexity index is 866. The Morgan fingerprint density at radius 1 is 1.41 bits per heavy atom. The Kier molecular flexibility index (Phi) is 5.12. The van der Waals surface area contributed by atoms with Crippen molar-refractivity contribution >= 4 is 17.5 Å². The molecule has 1 saturated carbocycles. The second-order valence-electron chi connectivity index (χ2n) is 6.71. The van der Waals surface area contributed by atoms with E-state index in [9.17, 15) is 18.0 Å². The van der Waals surface area contributed by atoms with Gasteiger partial charge in [0, 0.05) is 25.6 Å². The number of aryl methyl sites for hydroxylation is 2. The van der Waals surface area contributed by atoms with Crippen molar-refractivity contribution in [1.29, 1.82) is 0 Å². The van der Waals surface area contributed by atoms with Gasteiger partial charge in [-0.25, -0.2) is 0 Å². The normalized spacial score (nSPS) is 19.1. The molecule has 2 aromatic rings. The number of benzene rings is 1. The fourth-order valence-corrected chi connectivity index (χ4v) is 3.50. The number of hydrogen-bond donors (Lipinski definition) is 0. The number of para-hydroxylation sites is 1. The number of ether oxygens (including phenoxy) is 1. The van der Waals surface area contributed by atoms with Crippen molar-refractivity contribution in [3.05, 3.63) is 46.2 Å². The number of halogens is 4. The molecule has 1 amide bonds. The monoisotopic (exact) mass is 401 g/mol. The minimum absolute atomic E-state index is 0.138. The van der Waals surface area contributed by atoms with Gasteiger partial charge in [-0.3, -0.25) is 9.48 Å².